The van der Waals surface area contributed by atoms with E-state index in [0.29, 0.717) is 19.3 Å². The number of piperidine rings is 1. The Hall–Kier alpha value is -4.26. The van der Waals surface area contributed by atoms with Crippen molar-refractivity contribution in [1.29, 1.82) is 0 Å². The third kappa shape index (κ3) is 5.80. The molecule has 5 rings (SSSR count). The van der Waals surface area contributed by atoms with E-state index in [1.54, 1.807) is 0 Å². The van der Waals surface area contributed by atoms with Crippen molar-refractivity contribution in [3.63, 3.8) is 0 Å². The highest BCUT2D eigenvalue weighted by Gasteiger charge is 2.49. The van der Waals surface area contributed by atoms with Gasteiger partial charge in [0, 0.05) is 24.6 Å². The van der Waals surface area contributed by atoms with E-state index >= 15 is 0 Å². The molecule has 2 aromatic carbocycles. The van der Waals surface area contributed by atoms with Gasteiger partial charge < -0.3 is 9.72 Å². The van der Waals surface area contributed by atoms with Gasteiger partial charge in [0.25, 0.3) is 0 Å². The van der Waals surface area contributed by atoms with Gasteiger partial charge in [-0.1, -0.05) is 42.5 Å². The van der Waals surface area contributed by atoms with Crippen LogP contribution in [-0.2, 0) is 32.9 Å². The van der Waals surface area contributed by atoms with E-state index in [0.717, 1.165) is 24.0 Å². The van der Waals surface area contributed by atoms with Gasteiger partial charge >= 0.3 is 12.3 Å². The minimum absolute atomic E-state index is 0.00173. The zero-order valence-corrected chi connectivity index (χ0v) is 22.7. The summed E-state index contributed by atoms with van der Waals surface area (Å²) in [4.78, 5) is 30.9. The van der Waals surface area contributed by atoms with Crippen LogP contribution in [0.25, 0.3) is 11.3 Å². The molecule has 1 atom stereocenters. The number of likely N-dealkylation sites (tertiary alicyclic amines) is 1. The van der Waals surface area contributed by atoms with Gasteiger partial charge in [-0.05, 0) is 43.0 Å². The van der Waals surface area contributed by atoms with Crippen molar-refractivity contribution in [2.24, 2.45) is 0 Å². The van der Waals surface area contributed by atoms with Gasteiger partial charge in [-0.15, -0.1) is 0 Å². The Morgan fingerprint density at radius 1 is 1.07 bits per heavy atom. The number of alkyl halides is 3. The van der Waals surface area contributed by atoms with Crippen LogP contribution >= 0.6 is 0 Å². The minimum atomic E-state index is -4.54. The third-order valence-corrected chi connectivity index (χ3v) is 7.77. The fourth-order valence-electron chi connectivity index (χ4n) is 4.95. The maximum atomic E-state index is 13.6. The topological polar surface area (TPSA) is 118 Å². The first-order chi connectivity index (χ1) is 19.5. The number of aromatic nitrogens is 4. The van der Waals surface area contributed by atoms with Crippen LogP contribution < -0.4 is 0 Å². The summed E-state index contributed by atoms with van der Waals surface area (Å²) in [7, 11) is -3.81. The normalized spacial score (nSPS) is 17.8. The molecule has 0 radical (unpaired) electrons. The first kappa shape index (κ1) is 28.3. The molecule has 0 spiro atoms. The molecule has 1 unspecified atom stereocenters. The number of nitrogens with one attached hydrogen (secondary N) is 1. The van der Waals surface area contributed by atoms with Gasteiger partial charge in [-0.3, -0.25) is 4.90 Å². The van der Waals surface area contributed by atoms with E-state index in [1.165, 1.54) is 35.5 Å². The third-order valence-electron chi connectivity index (χ3n) is 6.91. The van der Waals surface area contributed by atoms with E-state index in [9.17, 15) is 26.4 Å². The molecule has 0 bridgehead atoms. The summed E-state index contributed by atoms with van der Waals surface area (Å²) in [6.45, 7) is 0.240. The van der Waals surface area contributed by atoms with Gasteiger partial charge in [0.15, 0.2) is 0 Å². The van der Waals surface area contributed by atoms with Crippen molar-refractivity contribution in [1.82, 2.24) is 24.8 Å². The lowest BCUT2D eigenvalue weighted by Crippen LogP contribution is -2.54. The Morgan fingerprint density at radius 3 is 2.59 bits per heavy atom. The molecule has 1 fully saturated rings. The summed E-state index contributed by atoms with van der Waals surface area (Å²) >= 11 is 0. The number of sulfone groups is 1. The summed E-state index contributed by atoms with van der Waals surface area (Å²) in [5.41, 5.74) is -0.746. The molecule has 3 heterocycles. The monoisotopic (exact) mass is 585 g/mol. The number of ether oxygens (including phenoxy) is 1. The predicted molar refractivity (Wildman–Crippen MR) is 142 cm³/mol. The van der Waals surface area contributed by atoms with E-state index in [4.69, 9.17) is 4.74 Å². The molecule has 0 aliphatic carbocycles. The van der Waals surface area contributed by atoms with E-state index in [1.807, 2.05) is 30.3 Å². The van der Waals surface area contributed by atoms with Crippen LogP contribution in [-0.4, -0.2) is 52.1 Å². The number of hydrogen-bond donors (Lipinski definition) is 1. The highest BCUT2D eigenvalue weighted by atomic mass is 32.2. The molecular weight excluding hydrogens is 559 g/mol. The molecule has 1 aliphatic heterocycles. The van der Waals surface area contributed by atoms with Crippen LogP contribution in [0.5, 0.6) is 0 Å². The molecule has 13 heteroatoms. The number of hydrogen-bond acceptors (Lipinski definition) is 7. The predicted octanol–water partition coefficient (Wildman–Crippen LogP) is 5.36. The molecule has 9 nitrogen and oxygen atoms in total. The second-order valence-corrected chi connectivity index (χ2v) is 11.6. The van der Waals surface area contributed by atoms with Gasteiger partial charge in [-0.25, -0.2) is 28.2 Å². The van der Waals surface area contributed by atoms with Crippen LogP contribution in [0.3, 0.4) is 0 Å². The van der Waals surface area contributed by atoms with Crippen LogP contribution in [0.2, 0.25) is 0 Å². The molecule has 0 saturated carbocycles. The number of nitrogens with zero attached hydrogens (tertiary/aromatic N) is 4. The van der Waals surface area contributed by atoms with E-state index < -0.39 is 38.4 Å². The van der Waals surface area contributed by atoms with Crippen molar-refractivity contribution in [3.05, 3.63) is 95.7 Å². The van der Waals surface area contributed by atoms with Crippen LogP contribution in [0, 0.1) is 0 Å². The van der Waals surface area contributed by atoms with Gasteiger partial charge in [-0.2, -0.15) is 13.2 Å². The lowest BCUT2D eigenvalue weighted by atomic mass is 9.82. The zero-order valence-electron chi connectivity index (χ0n) is 21.9. The fraction of sp³-hybridized carbons (Fsp3) is 0.286. The number of benzene rings is 2. The number of H-pyrrole nitrogens is 1. The summed E-state index contributed by atoms with van der Waals surface area (Å²) in [5.74, 6) is 0.208. The summed E-state index contributed by atoms with van der Waals surface area (Å²) in [6, 6.07) is 15.4. The first-order valence-corrected chi connectivity index (χ1v) is 14.6. The quantitative estimate of drug-likeness (QED) is 0.303. The van der Waals surface area contributed by atoms with Crippen molar-refractivity contribution >= 4 is 15.9 Å². The SMILES string of the molecule is CS(=O)(=O)c1nccc(C2(c3ncc(-c4cccc(C(F)(F)F)c4)[nH]3)CCCCN2C(=O)OCc2ccccc2)n1. The second kappa shape index (κ2) is 11.0. The number of rotatable bonds is 6. The zero-order chi connectivity index (χ0) is 29.3. The Labute approximate surface area is 234 Å². The molecule has 214 valence electrons. The second-order valence-electron chi connectivity index (χ2n) is 9.73. The summed E-state index contributed by atoms with van der Waals surface area (Å²) < 4.78 is 70.5. The standard InChI is InChI=1S/C28H26F3N5O4S/c1-41(38,39)25-32-14-12-23(35-25)27(13-5-6-15-36(27)26(37)40-18-19-8-3-2-4-9-19)24-33-17-22(34-24)20-10-7-11-21(16-20)28(29,30)31/h2-4,7-12,14,16-17H,5-6,13,15,18H2,1H3,(H,33,34). The minimum Gasteiger partial charge on any atom is -0.445 e. The highest BCUT2D eigenvalue weighted by molar-refractivity contribution is 7.90. The summed E-state index contributed by atoms with van der Waals surface area (Å²) in [5, 5.41) is -0.429. The Balaban J connectivity index is 1.61. The number of carbonyl (C=O) groups excluding carboxylic acids is 1. The maximum absolute atomic E-state index is 13.6. The molecular formula is C28H26F3N5O4S. The van der Waals surface area contributed by atoms with Gasteiger partial charge in [0.1, 0.15) is 18.0 Å². The Morgan fingerprint density at radius 2 is 1.85 bits per heavy atom. The molecule has 4 aromatic rings. The average molecular weight is 586 g/mol. The van der Waals surface area contributed by atoms with E-state index in [2.05, 4.69) is 19.9 Å². The largest absolute Gasteiger partial charge is 0.445 e. The van der Waals surface area contributed by atoms with E-state index in [-0.39, 0.29) is 35.9 Å². The fourth-order valence-corrected chi connectivity index (χ4v) is 5.46. The number of halogens is 3. The lowest BCUT2D eigenvalue weighted by Gasteiger charge is -2.44. The average Bonchev–Trinajstić information content (AvgIpc) is 3.47. The number of aromatic amines is 1. The van der Waals surface area contributed by atoms with Crippen molar-refractivity contribution in [3.8, 4) is 11.3 Å². The molecule has 1 amide bonds. The highest BCUT2D eigenvalue weighted by Crippen LogP contribution is 2.43. The number of amides is 1. The van der Waals surface area contributed by atoms with Crippen LogP contribution in [0.15, 0.2) is 78.2 Å². The Bertz CT molecular complexity index is 1660. The number of imidazole rings is 1. The molecule has 1 aliphatic rings. The summed E-state index contributed by atoms with van der Waals surface area (Å²) in [6.07, 6.45) is -0.00982. The molecule has 1 N–H and O–H groups in total. The van der Waals surface area contributed by atoms with Crippen molar-refractivity contribution < 1.29 is 31.1 Å². The first-order valence-electron chi connectivity index (χ1n) is 12.7. The van der Waals surface area contributed by atoms with Gasteiger partial charge in [0.2, 0.25) is 15.0 Å². The van der Waals surface area contributed by atoms with Crippen LogP contribution in [0.1, 0.15) is 41.9 Å². The lowest BCUT2D eigenvalue weighted by molar-refractivity contribution is -0.137. The molecule has 41 heavy (non-hydrogen) atoms. The Kier molecular flexibility index (Phi) is 7.56. The number of carbonyl (C=O) groups is 1. The van der Waals surface area contributed by atoms with Gasteiger partial charge in [0.05, 0.1) is 23.1 Å². The molecule has 2 aromatic heterocycles. The van der Waals surface area contributed by atoms with Crippen molar-refractivity contribution in [2.45, 2.75) is 42.7 Å². The van der Waals surface area contributed by atoms with Crippen LogP contribution in [0.4, 0.5) is 18.0 Å². The van der Waals surface area contributed by atoms with Crippen molar-refractivity contribution in [2.75, 3.05) is 12.8 Å². The molecule has 1 saturated heterocycles. The smallest absolute Gasteiger partial charge is 0.416 e. The maximum Gasteiger partial charge on any atom is 0.416 e.